The molecule has 3 N–H and O–H groups in total. The normalized spacial score (nSPS) is 14.3. The van der Waals surface area contributed by atoms with Gasteiger partial charge >= 0.3 is 0 Å². The summed E-state index contributed by atoms with van der Waals surface area (Å²) >= 11 is 2.90. The largest absolute Gasteiger partial charge is 0.497 e. The molecule has 52 heavy (non-hydrogen) atoms. The van der Waals surface area contributed by atoms with Crippen molar-refractivity contribution in [3.63, 3.8) is 0 Å². The van der Waals surface area contributed by atoms with Gasteiger partial charge < -0.3 is 20.7 Å². The molecule has 0 saturated heterocycles. The van der Waals surface area contributed by atoms with Crippen LogP contribution in [0.5, 0.6) is 5.75 Å². The Morgan fingerprint density at radius 3 is 2.38 bits per heavy atom. The maximum atomic E-state index is 13.6. The van der Waals surface area contributed by atoms with Gasteiger partial charge in [0.1, 0.15) is 22.5 Å². The first kappa shape index (κ1) is 36.2. The molecule has 1 aromatic heterocycles. The molecule has 5 aromatic rings. The van der Waals surface area contributed by atoms with Gasteiger partial charge in [-0.05, 0) is 96.8 Å². The summed E-state index contributed by atoms with van der Waals surface area (Å²) in [6.07, 6.45) is 4.78. The first-order valence-corrected chi connectivity index (χ1v) is 18.8. The van der Waals surface area contributed by atoms with E-state index in [2.05, 4.69) is 46.3 Å². The molecule has 6 rings (SSSR count). The van der Waals surface area contributed by atoms with Crippen molar-refractivity contribution in [3.8, 4) is 11.8 Å². The van der Waals surface area contributed by atoms with E-state index >= 15 is 0 Å². The Morgan fingerprint density at radius 2 is 1.69 bits per heavy atom. The van der Waals surface area contributed by atoms with E-state index in [-0.39, 0.29) is 11.6 Å². The minimum absolute atomic E-state index is 0.0601. The zero-order valence-corrected chi connectivity index (χ0v) is 30.5. The molecule has 10 heteroatoms. The highest BCUT2D eigenvalue weighted by Crippen LogP contribution is 2.42. The molecular weight excluding hydrogens is 689 g/mol. The van der Waals surface area contributed by atoms with Crippen molar-refractivity contribution in [1.82, 2.24) is 5.32 Å². The maximum Gasteiger partial charge on any atom is 0.272 e. The lowest BCUT2D eigenvalue weighted by molar-refractivity contribution is -0.116. The summed E-state index contributed by atoms with van der Waals surface area (Å²) in [4.78, 5) is 42.3. The van der Waals surface area contributed by atoms with Gasteiger partial charge in [-0.1, -0.05) is 73.7 Å². The average Bonchev–Trinajstić information content (AvgIpc) is 3.53. The summed E-state index contributed by atoms with van der Waals surface area (Å²) < 4.78 is 5.25. The smallest absolute Gasteiger partial charge is 0.272 e. The van der Waals surface area contributed by atoms with Crippen LogP contribution in [0.15, 0.2) is 120 Å². The molecule has 1 heterocycles. The van der Waals surface area contributed by atoms with Gasteiger partial charge in [0.2, 0.25) is 5.91 Å². The molecule has 2 unspecified atom stereocenters. The second-order valence-corrected chi connectivity index (χ2v) is 14.7. The van der Waals surface area contributed by atoms with Crippen LogP contribution >= 0.6 is 23.1 Å². The summed E-state index contributed by atoms with van der Waals surface area (Å²) in [5, 5.41) is 19.0. The van der Waals surface area contributed by atoms with Gasteiger partial charge in [-0.15, -0.1) is 23.1 Å². The number of carbonyl (C=O) groups excluding carboxylic acids is 3. The van der Waals surface area contributed by atoms with E-state index < -0.39 is 17.1 Å². The summed E-state index contributed by atoms with van der Waals surface area (Å²) in [6, 6.07) is 35.9. The van der Waals surface area contributed by atoms with Crippen molar-refractivity contribution < 1.29 is 19.1 Å². The highest BCUT2D eigenvalue weighted by Gasteiger charge is 2.28. The molecule has 4 aromatic carbocycles. The number of thiophene rings is 1. The van der Waals surface area contributed by atoms with Gasteiger partial charge in [0.15, 0.2) is 0 Å². The number of benzene rings is 4. The number of ether oxygens (including phenoxy) is 1. The summed E-state index contributed by atoms with van der Waals surface area (Å²) in [5.41, 5.74) is 4.60. The molecule has 3 amide bonds. The number of thioether (sulfide) groups is 1. The molecular formula is C42H38N4O4S2. The second kappa shape index (κ2) is 17.1. The molecule has 1 aliphatic rings. The summed E-state index contributed by atoms with van der Waals surface area (Å²) in [5.74, 6) is -0.0406. The quantitative estimate of drug-likeness (QED) is 0.0873. The van der Waals surface area contributed by atoms with Crippen LogP contribution in [-0.2, 0) is 22.4 Å². The van der Waals surface area contributed by atoms with E-state index in [1.807, 2.05) is 31.2 Å². The van der Waals surface area contributed by atoms with Gasteiger partial charge in [0, 0.05) is 21.0 Å². The first-order valence-electron chi connectivity index (χ1n) is 17.1. The number of rotatable bonds is 12. The number of hydrogen-bond acceptors (Lipinski definition) is 7. The Bertz CT molecular complexity index is 2120. The van der Waals surface area contributed by atoms with Gasteiger partial charge in [0.05, 0.1) is 17.9 Å². The fraction of sp³-hybridized carbons (Fsp3) is 0.190. The topological polar surface area (TPSA) is 120 Å². The molecule has 2 atom stereocenters. The molecule has 0 bridgehead atoms. The Kier molecular flexibility index (Phi) is 11.9. The van der Waals surface area contributed by atoms with Crippen LogP contribution in [-0.4, -0.2) is 30.1 Å². The number of carbonyl (C=O) groups is 3. The molecule has 0 spiro atoms. The number of hydrogen-bond donors (Lipinski definition) is 3. The van der Waals surface area contributed by atoms with E-state index in [0.29, 0.717) is 45.5 Å². The van der Waals surface area contributed by atoms with E-state index in [9.17, 15) is 19.6 Å². The Labute approximate surface area is 311 Å². The molecule has 0 saturated carbocycles. The molecule has 1 aliphatic carbocycles. The zero-order chi connectivity index (χ0) is 36.5. The van der Waals surface area contributed by atoms with Gasteiger partial charge in [-0.2, -0.15) is 5.26 Å². The zero-order valence-electron chi connectivity index (χ0n) is 28.8. The number of fused-ring (bicyclic) bond motifs is 1. The number of anilines is 2. The second-order valence-electron chi connectivity index (χ2n) is 12.3. The number of nitrogens with one attached hydrogen (secondary N) is 3. The van der Waals surface area contributed by atoms with Crippen molar-refractivity contribution in [2.75, 3.05) is 17.7 Å². The fourth-order valence-electron chi connectivity index (χ4n) is 6.14. The van der Waals surface area contributed by atoms with E-state index in [1.165, 1.54) is 28.7 Å². The Hall–Kier alpha value is -5.63. The molecule has 0 fully saturated rings. The summed E-state index contributed by atoms with van der Waals surface area (Å²) in [6.45, 7) is 1.95. The molecule has 8 nitrogen and oxygen atoms in total. The van der Waals surface area contributed by atoms with Crippen molar-refractivity contribution >= 4 is 57.6 Å². The van der Waals surface area contributed by atoms with E-state index in [0.717, 1.165) is 34.6 Å². The SMILES string of the molecule is CCC(Sc1cccc(NC(=O)/C(=C\c2ccc(OC)cc2)NC(=O)c2ccccc2)c1)C(=O)Nc1sc2c(c1C#N)CCC(c1ccccc1)C2. The van der Waals surface area contributed by atoms with Gasteiger partial charge in [-0.3, -0.25) is 14.4 Å². The number of methoxy groups -OCH3 is 1. The maximum absolute atomic E-state index is 13.6. The number of amides is 3. The third kappa shape index (κ3) is 8.80. The Morgan fingerprint density at radius 1 is 0.962 bits per heavy atom. The van der Waals surface area contributed by atoms with Gasteiger partial charge in [0.25, 0.3) is 11.8 Å². The standard InChI is InChI=1S/C42H38N4O4S2/c1-3-37(41(49)46-42-35(26-43)34-22-19-30(24-38(34)52-42)28-11-6-4-7-12-28)51-33-16-10-15-31(25-33)44-40(48)36(23-27-17-20-32(50-2)21-18-27)45-39(47)29-13-8-5-9-14-29/h4-18,20-21,23,25,30,37H,3,19,22,24H2,1-2H3,(H,44,48)(H,45,47)(H,46,49)/b36-23+. The first-order chi connectivity index (χ1) is 25.3. The van der Waals surface area contributed by atoms with Crippen LogP contribution in [0.2, 0.25) is 0 Å². The van der Waals surface area contributed by atoms with Crippen LogP contribution < -0.4 is 20.7 Å². The average molecular weight is 727 g/mol. The van der Waals surface area contributed by atoms with Crippen LogP contribution in [0.3, 0.4) is 0 Å². The molecule has 262 valence electrons. The van der Waals surface area contributed by atoms with Crippen LogP contribution in [0.1, 0.15) is 63.2 Å². The molecule has 0 aliphatic heterocycles. The number of nitriles is 1. The lowest BCUT2D eigenvalue weighted by Gasteiger charge is -2.22. The third-order valence-electron chi connectivity index (χ3n) is 8.87. The minimum atomic E-state index is -0.507. The highest BCUT2D eigenvalue weighted by molar-refractivity contribution is 8.00. The van der Waals surface area contributed by atoms with Crippen molar-refractivity contribution in [2.24, 2.45) is 0 Å². The van der Waals surface area contributed by atoms with Crippen molar-refractivity contribution in [3.05, 3.63) is 148 Å². The predicted octanol–water partition coefficient (Wildman–Crippen LogP) is 8.82. The van der Waals surface area contributed by atoms with Crippen molar-refractivity contribution in [1.29, 1.82) is 5.26 Å². The number of nitrogens with zero attached hydrogens (tertiary/aromatic N) is 1. The third-order valence-corrected chi connectivity index (χ3v) is 11.4. The van der Waals surface area contributed by atoms with Crippen molar-refractivity contribution in [2.45, 2.75) is 48.7 Å². The predicted molar refractivity (Wildman–Crippen MR) is 209 cm³/mol. The summed E-state index contributed by atoms with van der Waals surface area (Å²) in [7, 11) is 1.58. The molecule has 0 radical (unpaired) electrons. The fourth-order valence-corrected chi connectivity index (χ4v) is 8.43. The van der Waals surface area contributed by atoms with Crippen LogP contribution in [0, 0.1) is 11.3 Å². The monoisotopic (exact) mass is 726 g/mol. The highest BCUT2D eigenvalue weighted by atomic mass is 32.2. The lowest BCUT2D eigenvalue weighted by Crippen LogP contribution is -2.30. The van der Waals surface area contributed by atoms with Crippen LogP contribution in [0.25, 0.3) is 6.08 Å². The lowest BCUT2D eigenvalue weighted by atomic mass is 9.83. The van der Waals surface area contributed by atoms with E-state index in [4.69, 9.17) is 4.74 Å². The van der Waals surface area contributed by atoms with Gasteiger partial charge in [-0.25, -0.2) is 0 Å². The van der Waals surface area contributed by atoms with E-state index in [1.54, 1.807) is 73.8 Å². The van der Waals surface area contributed by atoms with Crippen LogP contribution in [0.4, 0.5) is 10.7 Å². The minimum Gasteiger partial charge on any atom is -0.497 e. The Balaban J connectivity index is 1.15.